The number of ether oxygens (including phenoxy) is 2. The molecule has 0 radical (unpaired) electrons. The van der Waals surface area contributed by atoms with Crippen molar-refractivity contribution < 1.29 is 24.8 Å². The fraction of sp³-hybridized carbons (Fsp3) is 0.895. The largest absolute Gasteiger partial charge is 0.394 e. The molecule has 142 valence electrons. The van der Waals surface area contributed by atoms with Crippen molar-refractivity contribution in [1.82, 2.24) is 0 Å². The van der Waals surface area contributed by atoms with Crippen LogP contribution in [0.3, 0.4) is 0 Å². The summed E-state index contributed by atoms with van der Waals surface area (Å²) in [5.74, 6) is 0. The molecule has 0 aromatic rings. The summed E-state index contributed by atoms with van der Waals surface area (Å²) in [5, 5.41) is 28.4. The van der Waals surface area contributed by atoms with Crippen LogP contribution in [-0.4, -0.2) is 59.6 Å². The van der Waals surface area contributed by atoms with E-state index < -0.39 is 31.0 Å². The number of hydrogen-bond acceptors (Lipinski definition) is 5. The van der Waals surface area contributed by atoms with Crippen LogP contribution in [0.4, 0.5) is 0 Å². The number of allylic oxidation sites excluding steroid dienone is 2. The van der Waals surface area contributed by atoms with E-state index in [1.165, 1.54) is 38.5 Å². The summed E-state index contributed by atoms with van der Waals surface area (Å²) in [4.78, 5) is 0. The standard InChI is InChI=1S/C19H36O5/c1-2-3-4-5-6-7-8-9-10-11-12-13-23-17-15-24-19(18(17)22)16(21)14-20/h8-9,16-22H,2-7,10-15H2,1H3/b9-8+/t16-,17+,18+,19+/m1/s1. The molecule has 4 atom stereocenters. The zero-order valence-corrected chi connectivity index (χ0v) is 15.1. The van der Waals surface area contributed by atoms with Crippen molar-refractivity contribution in [2.75, 3.05) is 19.8 Å². The molecule has 1 fully saturated rings. The number of hydrogen-bond donors (Lipinski definition) is 3. The van der Waals surface area contributed by atoms with Crippen LogP contribution >= 0.6 is 0 Å². The molecule has 0 aliphatic carbocycles. The van der Waals surface area contributed by atoms with Gasteiger partial charge in [-0.1, -0.05) is 44.8 Å². The second-order valence-corrected chi connectivity index (χ2v) is 6.62. The van der Waals surface area contributed by atoms with Gasteiger partial charge in [0.1, 0.15) is 24.4 Å². The van der Waals surface area contributed by atoms with Gasteiger partial charge in [0.2, 0.25) is 0 Å². The minimum atomic E-state index is -1.05. The Hall–Kier alpha value is -0.460. The van der Waals surface area contributed by atoms with E-state index in [1.807, 2.05) is 0 Å². The molecule has 24 heavy (non-hydrogen) atoms. The normalized spacial score (nSPS) is 25.6. The molecule has 0 amide bonds. The highest BCUT2D eigenvalue weighted by Crippen LogP contribution is 2.20. The lowest BCUT2D eigenvalue weighted by atomic mass is 10.1. The molecule has 0 spiro atoms. The van der Waals surface area contributed by atoms with Gasteiger partial charge in [-0.25, -0.2) is 0 Å². The first-order valence-corrected chi connectivity index (χ1v) is 9.55. The Kier molecular flexibility index (Phi) is 12.4. The molecule has 0 bridgehead atoms. The van der Waals surface area contributed by atoms with Gasteiger partial charge in [-0.05, 0) is 32.1 Å². The number of rotatable bonds is 14. The minimum Gasteiger partial charge on any atom is -0.394 e. The third-order valence-electron chi connectivity index (χ3n) is 4.47. The maximum absolute atomic E-state index is 10.00. The van der Waals surface area contributed by atoms with Crippen LogP contribution in [0.15, 0.2) is 12.2 Å². The van der Waals surface area contributed by atoms with Gasteiger partial charge in [0.25, 0.3) is 0 Å². The molecule has 1 rings (SSSR count). The van der Waals surface area contributed by atoms with Crippen LogP contribution < -0.4 is 0 Å². The van der Waals surface area contributed by atoms with Crippen LogP contribution in [0.5, 0.6) is 0 Å². The lowest BCUT2D eigenvalue weighted by molar-refractivity contribution is -0.0730. The van der Waals surface area contributed by atoms with E-state index in [0.717, 1.165) is 19.3 Å². The first-order valence-electron chi connectivity index (χ1n) is 9.55. The fourth-order valence-corrected chi connectivity index (χ4v) is 2.90. The van der Waals surface area contributed by atoms with Gasteiger partial charge in [-0.3, -0.25) is 0 Å². The topological polar surface area (TPSA) is 79.2 Å². The summed E-state index contributed by atoms with van der Waals surface area (Å²) in [7, 11) is 0. The lowest BCUT2D eigenvalue weighted by Crippen LogP contribution is -2.41. The predicted molar refractivity (Wildman–Crippen MR) is 94.9 cm³/mol. The smallest absolute Gasteiger partial charge is 0.114 e. The van der Waals surface area contributed by atoms with Crippen molar-refractivity contribution in [3.8, 4) is 0 Å². The summed E-state index contributed by atoms with van der Waals surface area (Å²) < 4.78 is 10.9. The average Bonchev–Trinajstić information content (AvgIpc) is 2.96. The number of unbranched alkanes of at least 4 members (excludes halogenated alkanes) is 7. The molecule has 3 N–H and O–H groups in total. The van der Waals surface area contributed by atoms with Gasteiger partial charge >= 0.3 is 0 Å². The molecule has 0 unspecified atom stereocenters. The SMILES string of the molecule is CCCCCCC/C=C/CCCCO[C@H]1CO[C@@H]([C@H](O)CO)[C@H]1O. The minimum absolute atomic E-state index is 0.265. The summed E-state index contributed by atoms with van der Waals surface area (Å²) in [6.07, 6.45) is 12.3. The second-order valence-electron chi connectivity index (χ2n) is 6.62. The van der Waals surface area contributed by atoms with Crippen LogP contribution in [-0.2, 0) is 9.47 Å². The summed E-state index contributed by atoms with van der Waals surface area (Å²) in [5.41, 5.74) is 0. The van der Waals surface area contributed by atoms with E-state index in [4.69, 9.17) is 14.6 Å². The van der Waals surface area contributed by atoms with Crippen molar-refractivity contribution in [2.45, 2.75) is 89.1 Å². The van der Waals surface area contributed by atoms with E-state index in [1.54, 1.807) is 0 Å². The van der Waals surface area contributed by atoms with Gasteiger partial charge in [0.15, 0.2) is 0 Å². The number of aliphatic hydroxyl groups is 3. The van der Waals surface area contributed by atoms with Crippen molar-refractivity contribution in [2.24, 2.45) is 0 Å². The van der Waals surface area contributed by atoms with Gasteiger partial charge in [-0.2, -0.15) is 0 Å². The summed E-state index contributed by atoms with van der Waals surface area (Å²) >= 11 is 0. The Morgan fingerprint density at radius 1 is 1.08 bits per heavy atom. The monoisotopic (exact) mass is 344 g/mol. The zero-order chi connectivity index (χ0) is 17.6. The molecule has 0 aromatic heterocycles. The molecular weight excluding hydrogens is 308 g/mol. The molecule has 0 aromatic carbocycles. The van der Waals surface area contributed by atoms with Gasteiger partial charge < -0.3 is 24.8 Å². The van der Waals surface area contributed by atoms with E-state index in [2.05, 4.69) is 19.1 Å². The Bertz CT molecular complexity index is 321. The molecule has 5 nitrogen and oxygen atoms in total. The van der Waals surface area contributed by atoms with E-state index in [-0.39, 0.29) is 6.61 Å². The molecular formula is C19H36O5. The van der Waals surface area contributed by atoms with Crippen LogP contribution in [0.1, 0.15) is 64.7 Å². The first-order chi connectivity index (χ1) is 11.7. The highest BCUT2D eigenvalue weighted by molar-refractivity contribution is 4.88. The second kappa shape index (κ2) is 13.8. The van der Waals surface area contributed by atoms with Gasteiger partial charge in [0, 0.05) is 6.61 Å². The summed E-state index contributed by atoms with van der Waals surface area (Å²) in [6.45, 7) is 2.67. The van der Waals surface area contributed by atoms with E-state index >= 15 is 0 Å². The number of aliphatic hydroxyl groups excluding tert-OH is 3. The van der Waals surface area contributed by atoms with Crippen LogP contribution in [0.2, 0.25) is 0 Å². The quantitative estimate of drug-likeness (QED) is 0.333. The Balaban J connectivity index is 1.95. The third kappa shape index (κ3) is 8.58. The van der Waals surface area contributed by atoms with Crippen molar-refractivity contribution >= 4 is 0 Å². The van der Waals surface area contributed by atoms with Crippen molar-refractivity contribution in [3.63, 3.8) is 0 Å². The van der Waals surface area contributed by atoms with Crippen molar-refractivity contribution in [1.29, 1.82) is 0 Å². The third-order valence-corrected chi connectivity index (χ3v) is 4.47. The van der Waals surface area contributed by atoms with Gasteiger partial charge in [0.05, 0.1) is 13.2 Å². The average molecular weight is 344 g/mol. The highest BCUT2D eigenvalue weighted by Gasteiger charge is 2.40. The molecule has 1 saturated heterocycles. The Morgan fingerprint density at radius 3 is 2.42 bits per heavy atom. The maximum Gasteiger partial charge on any atom is 0.114 e. The highest BCUT2D eigenvalue weighted by atomic mass is 16.6. The van der Waals surface area contributed by atoms with Gasteiger partial charge in [-0.15, -0.1) is 0 Å². The molecule has 0 saturated carbocycles. The molecule has 1 aliphatic rings. The molecule has 5 heteroatoms. The van der Waals surface area contributed by atoms with E-state index in [9.17, 15) is 10.2 Å². The molecule has 1 heterocycles. The van der Waals surface area contributed by atoms with Crippen molar-refractivity contribution in [3.05, 3.63) is 12.2 Å². The van der Waals surface area contributed by atoms with Crippen LogP contribution in [0, 0.1) is 0 Å². The lowest BCUT2D eigenvalue weighted by Gasteiger charge is -2.20. The maximum atomic E-state index is 10.00. The Labute approximate surface area is 146 Å². The molecule has 1 aliphatic heterocycles. The van der Waals surface area contributed by atoms with Crippen LogP contribution in [0.25, 0.3) is 0 Å². The Morgan fingerprint density at radius 2 is 1.75 bits per heavy atom. The zero-order valence-electron chi connectivity index (χ0n) is 15.1. The van der Waals surface area contributed by atoms with E-state index in [0.29, 0.717) is 6.61 Å². The predicted octanol–water partition coefficient (Wildman–Crippen LogP) is 2.57. The first kappa shape index (κ1) is 21.6. The fourth-order valence-electron chi connectivity index (χ4n) is 2.90. The summed E-state index contributed by atoms with van der Waals surface area (Å²) in [6, 6.07) is 0.